The zero-order chi connectivity index (χ0) is 7.78. The highest BCUT2D eigenvalue weighted by Crippen LogP contribution is 2.26. The fourth-order valence-electron chi connectivity index (χ4n) is 1.41. The summed E-state index contributed by atoms with van der Waals surface area (Å²) < 4.78 is 0. The second kappa shape index (κ2) is 2.23. The lowest BCUT2D eigenvalue weighted by Gasteiger charge is -2.28. The lowest BCUT2D eigenvalue weighted by Crippen LogP contribution is -2.49. The van der Waals surface area contributed by atoms with Crippen LogP contribution in [-0.2, 0) is 4.79 Å². The summed E-state index contributed by atoms with van der Waals surface area (Å²) in [6.45, 7) is 2.89. The Kier molecular flexibility index (Phi) is 1.68. The van der Waals surface area contributed by atoms with Crippen LogP contribution in [0.15, 0.2) is 0 Å². The van der Waals surface area contributed by atoms with Crippen LogP contribution in [0.25, 0.3) is 0 Å². The Hall–Kier alpha value is -0.570. The smallest absolute Gasteiger partial charge is 0.237 e. The molecule has 0 aromatic heterocycles. The Balaban J connectivity index is 2.75. The average Bonchev–Trinajstić information content (AvgIpc) is 2.15. The fraction of sp³-hybridized carbons (Fsp3) is 0.857. The van der Waals surface area contributed by atoms with Crippen LogP contribution in [0.4, 0.5) is 0 Å². The molecule has 0 spiro atoms. The molecule has 0 aromatic rings. The second-order valence-corrected chi connectivity index (χ2v) is 3.16. The number of primary amides is 1. The molecule has 1 saturated heterocycles. The van der Waals surface area contributed by atoms with Gasteiger partial charge in [-0.2, -0.15) is 0 Å². The van der Waals surface area contributed by atoms with Crippen molar-refractivity contribution in [1.82, 2.24) is 4.90 Å². The Labute approximate surface area is 61.2 Å². The van der Waals surface area contributed by atoms with E-state index in [1.54, 1.807) is 0 Å². The number of likely N-dealkylation sites (tertiary alicyclic amines) is 1. The van der Waals surface area contributed by atoms with Crippen LogP contribution in [0.5, 0.6) is 0 Å². The molecule has 1 atom stereocenters. The van der Waals surface area contributed by atoms with Gasteiger partial charge < -0.3 is 5.73 Å². The van der Waals surface area contributed by atoms with E-state index in [4.69, 9.17) is 5.73 Å². The molecule has 10 heavy (non-hydrogen) atoms. The molecule has 0 saturated carbocycles. The Morgan fingerprint density at radius 3 is 2.50 bits per heavy atom. The van der Waals surface area contributed by atoms with Crippen molar-refractivity contribution in [2.45, 2.75) is 25.3 Å². The summed E-state index contributed by atoms with van der Waals surface area (Å²) >= 11 is 0. The lowest BCUT2D eigenvalue weighted by atomic mass is 9.99. The summed E-state index contributed by atoms with van der Waals surface area (Å²) in [6.07, 6.45) is 1.98. The van der Waals surface area contributed by atoms with E-state index < -0.39 is 0 Å². The number of nitrogens with zero attached hydrogens (tertiary/aromatic N) is 1. The third-order valence-corrected chi connectivity index (χ3v) is 2.53. The molecular formula is C7H14N2O. The molecule has 1 heterocycles. The molecule has 3 heteroatoms. The predicted octanol–water partition coefficient (Wildman–Crippen LogP) is -0.0440. The van der Waals surface area contributed by atoms with E-state index in [1.165, 1.54) is 0 Å². The molecule has 1 aliphatic rings. The van der Waals surface area contributed by atoms with Gasteiger partial charge in [-0.1, -0.05) is 0 Å². The monoisotopic (exact) mass is 142 g/mol. The molecule has 1 rings (SSSR count). The molecule has 0 unspecified atom stereocenters. The minimum atomic E-state index is -0.375. The maximum Gasteiger partial charge on any atom is 0.237 e. The lowest BCUT2D eigenvalue weighted by molar-refractivity contribution is -0.126. The first kappa shape index (κ1) is 7.54. The summed E-state index contributed by atoms with van der Waals surface area (Å²) in [5, 5.41) is 0. The third-order valence-electron chi connectivity index (χ3n) is 2.53. The predicted molar refractivity (Wildman–Crippen MR) is 39.5 cm³/mol. The number of nitrogens with two attached hydrogens (primary N) is 1. The largest absolute Gasteiger partial charge is 0.368 e. The van der Waals surface area contributed by atoms with Crippen LogP contribution in [-0.4, -0.2) is 29.9 Å². The van der Waals surface area contributed by atoms with Gasteiger partial charge in [0.05, 0.1) is 5.54 Å². The van der Waals surface area contributed by atoms with E-state index in [0.717, 1.165) is 19.4 Å². The van der Waals surface area contributed by atoms with E-state index in [-0.39, 0.29) is 11.4 Å². The molecular weight excluding hydrogens is 128 g/mol. The molecule has 58 valence electrons. The second-order valence-electron chi connectivity index (χ2n) is 3.16. The maximum atomic E-state index is 10.9. The van der Waals surface area contributed by atoms with E-state index in [1.807, 2.05) is 18.9 Å². The zero-order valence-electron chi connectivity index (χ0n) is 6.55. The van der Waals surface area contributed by atoms with Gasteiger partial charge in [-0.25, -0.2) is 0 Å². The van der Waals surface area contributed by atoms with E-state index >= 15 is 0 Å². The number of carbonyl (C=O) groups excluding carboxylic acids is 1. The molecule has 1 amide bonds. The van der Waals surface area contributed by atoms with Gasteiger partial charge in [0.25, 0.3) is 0 Å². The van der Waals surface area contributed by atoms with E-state index in [9.17, 15) is 4.79 Å². The summed E-state index contributed by atoms with van der Waals surface area (Å²) in [4.78, 5) is 12.9. The highest BCUT2D eigenvalue weighted by Gasteiger charge is 2.38. The summed E-state index contributed by atoms with van der Waals surface area (Å²) in [5.41, 5.74) is 4.87. The summed E-state index contributed by atoms with van der Waals surface area (Å²) in [5.74, 6) is -0.201. The standard InChI is InChI=1S/C7H14N2O/c1-7(6(8)10)4-3-5-9(7)2/h3-5H2,1-2H3,(H2,8,10)/t7-/m0/s1. The molecule has 0 aromatic carbocycles. The van der Waals surface area contributed by atoms with Crippen LogP contribution >= 0.6 is 0 Å². The quantitative estimate of drug-likeness (QED) is 0.558. The number of hydrogen-bond donors (Lipinski definition) is 1. The minimum Gasteiger partial charge on any atom is -0.368 e. The molecule has 0 bridgehead atoms. The molecule has 1 aliphatic heterocycles. The van der Waals surface area contributed by atoms with Crippen molar-refractivity contribution in [2.24, 2.45) is 5.73 Å². The fourth-order valence-corrected chi connectivity index (χ4v) is 1.41. The molecule has 0 radical (unpaired) electrons. The first-order chi connectivity index (χ1) is 4.57. The van der Waals surface area contributed by atoms with Crippen LogP contribution in [0, 0.1) is 0 Å². The van der Waals surface area contributed by atoms with Crippen molar-refractivity contribution in [2.75, 3.05) is 13.6 Å². The topological polar surface area (TPSA) is 46.3 Å². The zero-order valence-corrected chi connectivity index (χ0v) is 6.55. The first-order valence-corrected chi connectivity index (χ1v) is 3.58. The summed E-state index contributed by atoms with van der Waals surface area (Å²) in [7, 11) is 1.94. The van der Waals surface area contributed by atoms with Crippen LogP contribution < -0.4 is 5.73 Å². The Bertz CT molecular complexity index is 158. The number of carbonyl (C=O) groups is 1. The summed E-state index contributed by atoms with van der Waals surface area (Å²) in [6, 6.07) is 0. The maximum absolute atomic E-state index is 10.9. The molecule has 3 nitrogen and oxygen atoms in total. The van der Waals surface area contributed by atoms with Gasteiger partial charge in [0.1, 0.15) is 0 Å². The Morgan fingerprint density at radius 1 is 1.70 bits per heavy atom. The third kappa shape index (κ3) is 0.904. The number of amides is 1. The normalized spacial score (nSPS) is 34.6. The van der Waals surface area contributed by atoms with Crippen molar-refractivity contribution >= 4 is 5.91 Å². The minimum absolute atomic E-state index is 0.201. The van der Waals surface area contributed by atoms with E-state index in [2.05, 4.69) is 0 Å². The highest BCUT2D eigenvalue weighted by atomic mass is 16.1. The molecule has 1 fully saturated rings. The molecule has 2 N–H and O–H groups in total. The van der Waals surface area contributed by atoms with Crippen molar-refractivity contribution in [3.05, 3.63) is 0 Å². The van der Waals surface area contributed by atoms with Crippen LogP contribution in [0.3, 0.4) is 0 Å². The van der Waals surface area contributed by atoms with E-state index in [0.29, 0.717) is 0 Å². The number of hydrogen-bond acceptors (Lipinski definition) is 2. The molecule has 0 aliphatic carbocycles. The van der Waals surface area contributed by atoms with Gasteiger partial charge in [0, 0.05) is 0 Å². The average molecular weight is 142 g/mol. The first-order valence-electron chi connectivity index (χ1n) is 3.58. The van der Waals surface area contributed by atoms with Crippen molar-refractivity contribution in [3.63, 3.8) is 0 Å². The number of rotatable bonds is 1. The van der Waals surface area contributed by atoms with Gasteiger partial charge in [-0.3, -0.25) is 9.69 Å². The van der Waals surface area contributed by atoms with Gasteiger partial charge in [0.15, 0.2) is 0 Å². The number of likely N-dealkylation sites (N-methyl/N-ethyl adjacent to an activating group) is 1. The van der Waals surface area contributed by atoms with Gasteiger partial charge >= 0.3 is 0 Å². The van der Waals surface area contributed by atoms with Gasteiger partial charge in [-0.15, -0.1) is 0 Å². The Morgan fingerprint density at radius 2 is 2.30 bits per heavy atom. The van der Waals surface area contributed by atoms with Crippen molar-refractivity contribution < 1.29 is 4.79 Å². The van der Waals surface area contributed by atoms with Crippen LogP contribution in [0.1, 0.15) is 19.8 Å². The SMILES string of the molecule is CN1CCC[C@@]1(C)C(N)=O. The van der Waals surface area contributed by atoms with Gasteiger partial charge in [-0.05, 0) is 33.4 Å². The highest BCUT2D eigenvalue weighted by molar-refractivity contribution is 5.84. The van der Waals surface area contributed by atoms with Crippen molar-refractivity contribution in [1.29, 1.82) is 0 Å². The van der Waals surface area contributed by atoms with Crippen LogP contribution in [0.2, 0.25) is 0 Å². The van der Waals surface area contributed by atoms with Crippen molar-refractivity contribution in [3.8, 4) is 0 Å². The van der Waals surface area contributed by atoms with Gasteiger partial charge in [0.2, 0.25) is 5.91 Å².